The molecule has 0 heterocycles. The highest BCUT2D eigenvalue weighted by Gasteiger charge is 2.24. The van der Waals surface area contributed by atoms with E-state index in [1.165, 1.54) is 0 Å². The van der Waals surface area contributed by atoms with Crippen LogP contribution in [-0.2, 0) is 0 Å². The lowest BCUT2D eigenvalue weighted by Gasteiger charge is -2.25. The van der Waals surface area contributed by atoms with Gasteiger partial charge in [0.1, 0.15) is 11.9 Å². The molecule has 0 saturated carbocycles. The van der Waals surface area contributed by atoms with Crippen LogP contribution in [0.2, 0.25) is 5.02 Å². The maximum atomic E-state index is 11.2. The fraction of sp³-hybridized carbons (Fsp3) is 0.429. The molecule has 0 aromatic heterocycles. The van der Waals surface area contributed by atoms with Gasteiger partial charge < -0.3 is 24.6 Å². The second-order valence-corrected chi connectivity index (χ2v) is 7.91. The Morgan fingerprint density at radius 1 is 1.00 bits per heavy atom. The Bertz CT molecular complexity index is 786. The van der Waals surface area contributed by atoms with Crippen molar-refractivity contribution in [3.05, 3.63) is 46.5 Å². The van der Waals surface area contributed by atoms with E-state index in [-0.39, 0.29) is 5.41 Å². The standard InChI is InChI=1S/C21H28ClNO4/c1-21(2,3)12-23-18-15(10-13(22)11-17(18)26-5)19(24)14-8-7-9-16(25-4)20(14)27-6/h7-11,19,23-24H,12H2,1-6H3/t19-/m1/s1. The quantitative estimate of drug-likeness (QED) is 0.700. The summed E-state index contributed by atoms with van der Waals surface area (Å²) in [7, 11) is 4.69. The van der Waals surface area contributed by atoms with E-state index < -0.39 is 6.10 Å². The fourth-order valence-electron chi connectivity index (χ4n) is 2.82. The molecule has 6 heteroatoms. The first-order chi connectivity index (χ1) is 12.7. The molecule has 2 rings (SSSR count). The second kappa shape index (κ2) is 8.72. The van der Waals surface area contributed by atoms with Crippen LogP contribution in [-0.4, -0.2) is 33.0 Å². The molecule has 0 aliphatic heterocycles. The van der Waals surface area contributed by atoms with E-state index in [1.54, 1.807) is 45.6 Å². The van der Waals surface area contributed by atoms with Gasteiger partial charge in [0.05, 0.1) is 27.0 Å². The van der Waals surface area contributed by atoms with E-state index in [4.69, 9.17) is 25.8 Å². The van der Waals surface area contributed by atoms with Crippen LogP contribution in [0.15, 0.2) is 30.3 Å². The maximum Gasteiger partial charge on any atom is 0.166 e. The smallest absolute Gasteiger partial charge is 0.166 e. The predicted octanol–water partition coefficient (Wildman–Crippen LogP) is 4.91. The van der Waals surface area contributed by atoms with E-state index >= 15 is 0 Å². The van der Waals surface area contributed by atoms with E-state index in [2.05, 4.69) is 26.1 Å². The number of ether oxygens (including phenoxy) is 3. The molecule has 27 heavy (non-hydrogen) atoms. The van der Waals surface area contributed by atoms with Gasteiger partial charge >= 0.3 is 0 Å². The number of aliphatic hydroxyl groups is 1. The molecule has 0 saturated heterocycles. The molecule has 0 amide bonds. The summed E-state index contributed by atoms with van der Waals surface area (Å²) in [6.07, 6.45) is -0.981. The minimum Gasteiger partial charge on any atom is -0.495 e. The van der Waals surface area contributed by atoms with Crippen LogP contribution in [0.4, 0.5) is 5.69 Å². The number of halogens is 1. The molecule has 0 fully saturated rings. The van der Waals surface area contributed by atoms with Crippen molar-refractivity contribution in [1.82, 2.24) is 0 Å². The number of methoxy groups -OCH3 is 3. The van der Waals surface area contributed by atoms with Crippen LogP contribution in [0.1, 0.15) is 38.0 Å². The first kappa shape index (κ1) is 21.2. The zero-order chi connectivity index (χ0) is 20.2. The molecule has 148 valence electrons. The minimum atomic E-state index is -0.981. The van der Waals surface area contributed by atoms with Crippen molar-refractivity contribution >= 4 is 17.3 Å². The molecule has 2 N–H and O–H groups in total. The van der Waals surface area contributed by atoms with Crippen LogP contribution < -0.4 is 19.5 Å². The molecule has 2 aromatic rings. The van der Waals surface area contributed by atoms with Gasteiger partial charge in [0.2, 0.25) is 0 Å². The second-order valence-electron chi connectivity index (χ2n) is 7.47. The Kier molecular flexibility index (Phi) is 6.84. The van der Waals surface area contributed by atoms with Crippen molar-refractivity contribution in [1.29, 1.82) is 0 Å². The third kappa shape index (κ3) is 4.99. The van der Waals surface area contributed by atoms with Crippen LogP contribution in [0.3, 0.4) is 0 Å². The highest BCUT2D eigenvalue weighted by atomic mass is 35.5. The first-order valence-corrected chi connectivity index (χ1v) is 9.10. The molecule has 1 atom stereocenters. The van der Waals surface area contributed by atoms with Crippen molar-refractivity contribution < 1.29 is 19.3 Å². The summed E-state index contributed by atoms with van der Waals surface area (Å²) < 4.78 is 16.3. The lowest BCUT2D eigenvalue weighted by molar-refractivity contribution is 0.213. The van der Waals surface area contributed by atoms with Crippen LogP contribution in [0, 0.1) is 5.41 Å². The summed E-state index contributed by atoms with van der Waals surface area (Å²) >= 11 is 6.28. The number of hydrogen-bond acceptors (Lipinski definition) is 5. The SMILES string of the molecule is COc1cc(Cl)cc([C@H](O)c2cccc(OC)c2OC)c1NCC(C)(C)C. The Morgan fingerprint density at radius 3 is 2.22 bits per heavy atom. The lowest BCUT2D eigenvalue weighted by atomic mass is 9.95. The largest absolute Gasteiger partial charge is 0.495 e. The van der Waals surface area contributed by atoms with Gasteiger partial charge in [-0.3, -0.25) is 0 Å². The van der Waals surface area contributed by atoms with Crippen LogP contribution >= 0.6 is 11.6 Å². The average molecular weight is 394 g/mol. The van der Waals surface area contributed by atoms with Gasteiger partial charge in [0, 0.05) is 28.8 Å². The zero-order valence-electron chi connectivity index (χ0n) is 16.7. The minimum absolute atomic E-state index is 0.0422. The fourth-order valence-corrected chi connectivity index (χ4v) is 3.03. The highest BCUT2D eigenvalue weighted by molar-refractivity contribution is 6.31. The first-order valence-electron chi connectivity index (χ1n) is 8.72. The van der Waals surface area contributed by atoms with E-state index in [0.717, 1.165) is 0 Å². The average Bonchev–Trinajstić information content (AvgIpc) is 2.64. The van der Waals surface area contributed by atoms with Crippen LogP contribution in [0.5, 0.6) is 17.2 Å². The van der Waals surface area contributed by atoms with Crippen molar-refractivity contribution in [3.8, 4) is 17.2 Å². The number of hydrogen-bond donors (Lipinski definition) is 2. The van der Waals surface area contributed by atoms with Crippen molar-refractivity contribution in [2.45, 2.75) is 26.9 Å². The molecule has 0 unspecified atom stereocenters. The highest BCUT2D eigenvalue weighted by Crippen LogP contribution is 2.43. The Balaban J connectivity index is 2.58. The van der Waals surface area contributed by atoms with Crippen LogP contribution in [0.25, 0.3) is 0 Å². The van der Waals surface area contributed by atoms with E-state index in [0.29, 0.717) is 45.6 Å². The summed E-state index contributed by atoms with van der Waals surface area (Å²) in [4.78, 5) is 0. The lowest BCUT2D eigenvalue weighted by Crippen LogP contribution is -2.20. The molecular formula is C21H28ClNO4. The van der Waals surface area contributed by atoms with Gasteiger partial charge in [0.25, 0.3) is 0 Å². The molecule has 0 bridgehead atoms. The molecule has 0 aliphatic rings. The van der Waals surface area contributed by atoms with Gasteiger partial charge in [-0.15, -0.1) is 0 Å². The molecule has 2 aromatic carbocycles. The van der Waals surface area contributed by atoms with Crippen molar-refractivity contribution in [2.24, 2.45) is 5.41 Å². The van der Waals surface area contributed by atoms with Gasteiger partial charge in [0.15, 0.2) is 11.5 Å². The molecule has 0 aliphatic carbocycles. The topological polar surface area (TPSA) is 60.0 Å². The van der Waals surface area contributed by atoms with Gasteiger partial charge in [-0.05, 0) is 17.5 Å². The summed E-state index contributed by atoms with van der Waals surface area (Å²) in [6.45, 7) is 7.08. The summed E-state index contributed by atoms with van der Waals surface area (Å²) in [5.41, 5.74) is 1.94. The third-order valence-corrected chi connectivity index (χ3v) is 4.35. The number of anilines is 1. The maximum absolute atomic E-state index is 11.2. The van der Waals surface area contributed by atoms with E-state index in [9.17, 15) is 5.11 Å². The molecule has 0 spiro atoms. The normalized spacial score (nSPS) is 12.4. The Morgan fingerprint density at radius 2 is 1.67 bits per heavy atom. The molecule has 5 nitrogen and oxygen atoms in total. The number of aliphatic hydroxyl groups excluding tert-OH is 1. The summed E-state index contributed by atoms with van der Waals surface area (Å²) in [5, 5.41) is 15.1. The number of nitrogens with one attached hydrogen (secondary N) is 1. The van der Waals surface area contributed by atoms with Gasteiger partial charge in [-0.2, -0.15) is 0 Å². The number of rotatable bonds is 7. The number of benzene rings is 2. The predicted molar refractivity (Wildman–Crippen MR) is 110 cm³/mol. The summed E-state index contributed by atoms with van der Waals surface area (Å²) in [5.74, 6) is 1.60. The van der Waals surface area contributed by atoms with Gasteiger partial charge in [-0.1, -0.05) is 44.5 Å². The number of para-hydroxylation sites is 1. The monoisotopic (exact) mass is 393 g/mol. The van der Waals surface area contributed by atoms with Crippen molar-refractivity contribution in [2.75, 3.05) is 33.2 Å². The zero-order valence-corrected chi connectivity index (χ0v) is 17.5. The van der Waals surface area contributed by atoms with Gasteiger partial charge in [-0.25, -0.2) is 0 Å². The molecular weight excluding hydrogens is 366 g/mol. The molecule has 0 radical (unpaired) electrons. The van der Waals surface area contributed by atoms with E-state index in [1.807, 2.05) is 6.07 Å². The van der Waals surface area contributed by atoms with Crippen molar-refractivity contribution in [3.63, 3.8) is 0 Å². The third-order valence-electron chi connectivity index (χ3n) is 4.14. The Hall–Kier alpha value is -2.11. The summed E-state index contributed by atoms with van der Waals surface area (Å²) in [6, 6.07) is 8.85. The Labute approximate surface area is 166 Å².